The van der Waals surface area contributed by atoms with Crippen LogP contribution in [0.3, 0.4) is 0 Å². The van der Waals surface area contributed by atoms with Gasteiger partial charge in [-0.3, -0.25) is 0 Å². The predicted molar refractivity (Wildman–Crippen MR) is 230 cm³/mol. The van der Waals surface area contributed by atoms with Gasteiger partial charge >= 0.3 is 358 Å². The van der Waals surface area contributed by atoms with E-state index in [2.05, 4.69) is 102 Å². The quantitative estimate of drug-likeness (QED) is 0.146. The van der Waals surface area contributed by atoms with Gasteiger partial charge in [0.2, 0.25) is 0 Å². The molecule has 9 heteroatoms. The van der Waals surface area contributed by atoms with Crippen LogP contribution >= 0.6 is 0 Å². The van der Waals surface area contributed by atoms with Crippen LogP contribution in [0.4, 0.5) is 26.3 Å². The summed E-state index contributed by atoms with van der Waals surface area (Å²) >= 11 is -3.60. The van der Waals surface area contributed by atoms with Gasteiger partial charge in [-0.05, 0) is 0 Å². The van der Waals surface area contributed by atoms with Crippen molar-refractivity contribution in [2.24, 2.45) is 0 Å². The van der Waals surface area contributed by atoms with Crippen molar-refractivity contribution in [2.45, 2.75) is 74.8 Å². The van der Waals surface area contributed by atoms with Crippen molar-refractivity contribution in [1.82, 2.24) is 0 Å². The Labute approximate surface area is 380 Å². The van der Waals surface area contributed by atoms with E-state index in [0.29, 0.717) is 17.5 Å². The van der Waals surface area contributed by atoms with E-state index in [9.17, 15) is 26.3 Å². The number of hydrogen-bond donors (Lipinski definition) is 0. The van der Waals surface area contributed by atoms with Gasteiger partial charge in [-0.25, -0.2) is 0 Å². The van der Waals surface area contributed by atoms with Gasteiger partial charge < -0.3 is 24.8 Å². The van der Waals surface area contributed by atoms with Crippen molar-refractivity contribution in [3.63, 3.8) is 0 Å². The van der Waals surface area contributed by atoms with E-state index in [-0.39, 0.29) is 39.3 Å². The Bertz CT molecular complexity index is 2510. The zero-order valence-corrected chi connectivity index (χ0v) is 39.2. The molecule has 8 rings (SSSR count). The summed E-state index contributed by atoms with van der Waals surface area (Å²) in [6.07, 6.45) is -2.12. The molecule has 0 aromatic heterocycles. The molecule has 6 aromatic rings. The number of benzene rings is 6. The van der Waals surface area contributed by atoms with Gasteiger partial charge in [0, 0.05) is 0 Å². The summed E-state index contributed by atoms with van der Waals surface area (Å²) in [6, 6.07) is 40.6. The molecule has 0 N–H and O–H groups in total. The van der Waals surface area contributed by atoms with Crippen molar-refractivity contribution in [2.75, 3.05) is 0 Å². The topological polar surface area (TPSA) is 0 Å². The maximum absolute atomic E-state index is 14.1. The van der Waals surface area contributed by atoms with Crippen molar-refractivity contribution >= 4 is 3.21 Å². The Kier molecular flexibility index (Phi) is 13.5. The maximum atomic E-state index is 14.1. The third-order valence-corrected chi connectivity index (χ3v) is 20.1. The molecule has 0 spiro atoms. The summed E-state index contributed by atoms with van der Waals surface area (Å²) in [7, 11) is 0. The Hall–Kier alpha value is -4.29. The molecule has 2 aliphatic rings. The standard InChI is InChI=1S/C33H33.C15H8F6.C5H5.2ClH.Zr/c1-32(2,3)30-20-26-24(18-28(30)22-13-9-7-10-14-22)17-25-19-29(23-15-11-8-12-16-23)31(21-27(25)26)33(4,5)6;16-14(17,18)12-5-1-10(2-6-12)9-11-3-7-13(8-4-11)15(19,20)21;1-2-4-5-3-1;;;/h7-21H,1-6H3;1-8H;1-3H,4H2;2*1H;/q;;;;;+2/p-2. The van der Waals surface area contributed by atoms with Gasteiger partial charge in [-0.2, -0.15) is 0 Å². The Morgan fingerprint density at radius 3 is 1.21 bits per heavy atom. The van der Waals surface area contributed by atoms with Gasteiger partial charge in [0.15, 0.2) is 0 Å². The molecule has 0 bridgehead atoms. The fourth-order valence-corrected chi connectivity index (χ4v) is 17.8. The average Bonchev–Trinajstić information content (AvgIpc) is 3.85. The van der Waals surface area contributed by atoms with Gasteiger partial charge in [-0.1, -0.05) is 0 Å². The minimum Gasteiger partial charge on any atom is -1.00 e. The molecular formula is C53H46Cl2F6Zr. The summed E-state index contributed by atoms with van der Waals surface area (Å²) in [5.41, 5.74) is 10.6. The first-order chi connectivity index (χ1) is 28.3. The second-order valence-corrected chi connectivity index (χ2v) is 24.2. The molecule has 0 fully saturated rings. The van der Waals surface area contributed by atoms with Crippen LogP contribution in [0.1, 0.15) is 96.1 Å². The smallest absolute Gasteiger partial charge is 1.00 e. The first-order valence-corrected chi connectivity index (χ1v) is 24.1. The van der Waals surface area contributed by atoms with Crippen LogP contribution in [0.15, 0.2) is 155 Å². The van der Waals surface area contributed by atoms with Crippen molar-refractivity contribution in [3.8, 4) is 33.4 Å². The molecule has 0 nitrogen and oxygen atoms in total. The van der Waals surface area contributed by atoms with Crippen molar-refractivity contribution < 1.29 is 72.4 Å². The van der Waals surface area contributed by atoms with Crippen LogP contribution in [0.2, 0.25) is 0 Å². The summed E-state index contributed by atoms with van der Waals surface area (Å²) < 4.78 is 86.2. The molecule has 62 heavy (non-hydrogen) atoms. The molecule has 0 amide bonds. The van der Waals surface area contributed by atoms with Crippen molar-refractivity contribution in [3.05, 3.63) is 199 Å². The molecule has 0 unspecified atom stereocenters. The zero-order valence-electron chi connectivity index (χ0n) is 35.2. The van der Waals surface area contributed by atoms with E-state index in [1.54, 1.807) is 0 Å². The normalized spacial score (nSPS) is 13.6. The molecule has 0 aliphatic heterocycles. The van der Waals surface area contributed by atoms with E-state index < -0.39 is 44.7 Å². The molecule has 318 valence electrons. The van der Waals surface area contributed by atoms with Crippen LogP contribution in [-0.2, 0) is 44.4 Å². The third kappa shape index (κ3) is 9.19. The third-order valence-electron chi connectivity index (χ3n) is 11.8. The van der Waals surface area contributed by atoms with Gasteiger partial charge in [-0.15, -0.1) is 0 Å². The second kappa shape index (κ2) is 17.7. The van der Waals surface area contributed by atoms with Crippen molar-refractivity contribution in [1.29, 1.82) is 0 Å². The van der Waals surface area contributed by atoms with Gasteiger partial charge in [0.05, 0.1) is 0 Å². The Balaban J connectivity index is 0.00000321. The molecule has 0 heterocycles. The molecule has 2 aliphatic carbocycles. The second-order valence-electron chi connectivity index (χ2n) is 17.9. The maximum Gasteiger partial charge on any atom is -1.00 e. The number of hydrogen-bond acceptors (Lipinski definition) is 0. The van der Waals surface area contributed by atoms with E-state index >= 15 is 0 Å². The van der Waals surface area contributed by atoms with Crippen LogP contribution in [0, 0.1) is 0 Å². The summed E-state index contributed by atoms with van der Waals surface area (Å²) in [5.74, 6) is 0. The molecule has 6 aromatic carbocycles. The first kappa shape index (κ1) is 47.2. The Morgan fingerprint density at radius 2 is 0.887 bits per heavy atom. The van der Waals surface area contributed by atoms with Gasteiger partial charge in [0.25, 0.3) is 0 Å². The van der Waals surface area contributed by atoms with Gasteiger partial charge in [0.1, 0.15) is 0 Å². The van der Waals surface area contributed by atoms with E-state index in [0.717, 1.165) is 72.0 Å². The monoisotopic (exact) mass is 956 g/mol. The van der Waals surface area contributed by atoms with Crippen LogP contribution in [0.25, 0.3) is 33.4 Å². The zero-order chi connectivity index (χ0) is 42.8. The largest absolute Gasteiger partial charge is 1.00 e. The predicted octanol–water partition coefficient (Wildman–Crippen LogP) is 9.46. The summed E-state index contributed by atoms with van der Waals surface area (Å²) in [5, 5.41) is 0. The SMILES string of the molecule is CC(C)(C)c1cc2c(cc1-c1ccccc1)[CH]([Zr+2]([C]1=CC=CC1)=[C](c1ccc(C(F)(F)F)cc1)c1ccc(C(F)(F)F)cc1)c1cc(-c3ccccc3)c(C(C)(C)C)cc1-2.[Cl-].[Cl-]. The fourth-order valence-electron chi connectivity index (χ4n) is 8.88. The summed E-state index contributed by atoms with van der Waals surface area (Å²) in [6.45, 7) is 13.4. The van der Waals surface area contributed by atoms with E-state index in [1.807, 2.05) is 42.5 Å². The molecule has 0 saturated carbocycles. The van der Waals surface area contributed by atoms with E-state index in [1.165, 1.54) is 38.7 Å². The number of fused-ring (bicyclic) bond motifs is 3. The summed E-state index contributed by atoms with van der Waals surface area (Å²) in [4.78, 5) is 0. The first-order valence-electron chi connectivity index (χ1n) is 20.2. The minimum atomic E-state index is -4.55. The Morgan fingerprint density at radius 1 is 0.500 bits per heavy atom. The number of rotatable bonds is 6. The van der Waals surface area contributed by atoms with Crippen LogP contribution in [-0.4, -0.2) is 3.21 Å². The molecule has 0 radical (unpaired) electrons. The number of alkyl halides is 6. The van der Waals surface area contributed by atoms with Crippen LogP contribution < -0.4 is 24.8 Å². The molecular weight excluding hydrogens is 913 g/mol. The van der Waals surface area contributed by atoms with E-state index in [4.69, 9.17) is 0 Å². The minimum absolute atomic E-state index is 0. The van der Waals surface area contributed by atoms with Crippen LogP contribution in [0.5, 0.6) is 0 Å². The number of halogens is 8. The molecule has 0 saturated heterocycles. The number of allylic oxidation sites excluding steroid dienone is 4. The molecule has 0 atom stereocenters. The fraction of sp³-hybridized carbons (Fsp3) is 0.226. The average molecular weight is 959 g/mol.